The first-order chi connectivity index (χ1) is 16.1. The third-order valence-electron chi connectivity index (χ3n) is 5.41. The molecule has 1 aromatic heterocycles. The van der Waals surface area contributed by atoms with E-state index in [0.29, 0.717) is 37.3 Å². The number of nitrogens with one attached hydrogen (secondary N) is 1. The van der Waals surface area contributed by atoms with Crippen molar-refractivity contribution in [2.24, 2.45) is 0 Å². The molecule has 1 aliphatic heterocycles. The molecule has 9 heteroatoms. The Hall–Kier alpha value is -2.91. The van der Waals surface area contributed by atoms with Crippen LogP contribution >= 0.6 is 12.2 Å². The third-order valence-corrected chi connectivity index (χ3v) is 5.73. The summed E-state index contributed by atoms with van der Waals surface area (Å²) >= 11 is 5.44. The number of rotatable bonds is 12. The number of hydrogen-bond donors (Lipinski definition) is 2. The molecule has 0 unspecified atom stereocenters. The maximum atomic E-state index is 6.02. The molecule has 1 aromatic carbocycles. The second-order valence-corrected chi connectivity index (χ2v) is 8.47. The summed E-state index contributed by atoms with van der Waals surface area (Å²) in [6, 6.07) is 8.38. The summed E-state index contributed by atoms with van der Waals surface area (Å²) in [5.74, 6) is 1.63. The Morgan fingerprint density at radius 1 is 1.21 bits per heavy atom. The lowest BCUT2D eigenvalue weighted by atomic mass is 10.1. The number of likely N-dealkylation sites (tertiary alicyclic amines) is 1. The molecule has 2 heterocycles. The van der Waals surface area contributed by atoms with Crippen LogP contribution in [-0.4, -0.2) is 64.1 Å². The van der Waals surface area contributed by atoms with Crippen LogP contribution in [0.4, 0.5) is 11.9 Å². The SMILES string of the molecule is C=CCN(CC=C)c1nc(N)n(C(=S)NCCCOc2cccc(CN3CCCCC3)c2)n1. The summed E-state index contributed by atoms with van der Waals surface area (Å²) in [5, 5.41) is 8.01. The molecule has 0 bridgehead atoms. The number of benzene rings is 1. The molecule has 3 N–H and O–H groups in total. The minimum Gasteiger partial charge on any atom is -0.494 e. The fourth-order valence-corrected chi connectivity index (χ4v) is 4.02. The smallest absolute Gasteiger partial charge is 0.247 e. The van der Waals surface area contributed by atoms with Gasteiger partial charge in [-0.1, -0.05) is 30.7 Å². The van der Waals surface area contributed by atoms with E-state index in [1.165, 1.54) is 42.6 Å². The molecular formula is C24H35N7OS. The lowest BCUT2D eigenvalue weighted by molar-refractivity contribution is 0.220. The number of anilines is 2. The topological polar surface area (TPSA) is 84.5 Å². The Morgan fingerprint density at radius 3 is 2.70 bits per heavy atom. The van der Waals surface area contributed by atoms with E-state index in [2.05, 4.69) is 51.7 Å². The normalized spacial score (nSPS) is 13.9. The predicted octanol–water partition coefficient (Wildman–Crippen LogP) is 3.22. The molecule has 1 fully saturated rings. The quantitative estimate of drug-likeness (QED) is 0.279. The highest BCUT2D eigenvalue weighted by molar-refractivity contribution is 7.80. The number of nitrogens with zero attached hydrogens (tertiary/aromatic N) is 5. The van der Waals surface area contributed by atoms with Crippen molar-refractivity contribution in [3.8, 4) is 5.75 Å². The van der Waals surface area contributed by atoms with Crippen LogP contribution in [0.5, 0.6) is 5.75 Å². The predicted molar refractivity (Wildman–Crippen MR) is 139 cm³/mol. The van der Waals surface area contributed by atoms with Gasteiger partial charge in [0.2, 0.25) is 11.9 Å². The van der Waals surface area contributed by atoms with Crippen LogP contribution < -0.4 is 20.7 Å². The molecular weight excluding hydrogens is 434 g/mol. The van der Waals surface area contributed by atoms with Crippen molar-refractivity contribution in [1.82, 2.24) is 25.0 Å². The zero-order valence-corrected chi connectivity index (χ0v) is 20.1. The van der Waals surface area contributed by atoms with E-state index in [-0.39, 0.29) is 5.95 Å². The Bertz CT molecular complexity index is 913. The standard InChI is InChI=1S/C24H35N7OS/c1-3-13-30(14-4-2)23-27-22(25)31(28-23)24(33)26-12-9-17-32-21-11-8-10-20(18-21)19-29-15-6-5-7-16-29/h3-4,8,10-11,18H,1-2,5-7,9,12-17,19H2,(H,26,33)(H2,25,27,28). The summed E-state index contributed by atoms with van der Waals surface area (Å²) < 4.78 is 7.39. The van der Waals surface area contributed by atoms with Gasteiger partial charge >= 0.3 is 0 Å². The van der Waals surface area contributed by atoms with Crippen molar-refractivity contribution in [2.75, 3.05) is 50.0 Å². The minimum absolute atomic E-state index is 0.238. The summed E-state index contributed by atoms with van der Waals surface area (Å²) in [6.45, 7) is 13.3. The van der Waals surface area contributed by atoms with Gasteiger partial charge in [-0.05, 0) is 62.3 Å². The molecule has 0 saturated carbocycles. The molecule has 3 rings (SSSR count). The van der Waals surface area contributed by atoms with Gasteiger partial charge in [0.1, 0.15) is 5.75 Å². The maximum Gasteiger partial charge on any atom is 0.247 e. The van der Waals surface area contributed by atoms with E-state index in [0.717, 1.165) is 18.7 Å². The first-order valence-corrected chi connectivity index (χ1v) is 11.9. The lowest BCUT2D eigenvalue weighted by Gasteiger charge is -2.26. The van der Waals surface area contributed by atoms with Gasteiger partial charge in [-0.25, -0.2) is 0 Å². The second-order valence-electron chi connectivity index (χ2n) is 8.08. The van der Waals surface area contributed by atoms with Crippen LogP contribution in [-0.2, 0) is 6.54 Å². The van der Waals surface area contributed by atoms with Crippen molar-refractivity contribution in [1.29, 1.82) is 0 Å². The van der Waals surface area contributed by atoms with Crippen LogP contribution in [0.2, 0.25) is 0 Å². The highest BCUT2D eigenvalue weighted by atomic mass is 32.1. The number of hydrogen-bond acceptors (Lipinski definition) is 7. The second kappa shape index (κ2) is 13.0. The first kappa shape index (κ1) is 24.7. The van der Waals surface area contributed by atoms with Crippen molar-refractivity contribution < 1.29 is 4.74 Å². The Labute approximate surface area is 202 Å². The molecule has 0 aliphatic carbocycles. The molecule has 0 atom stereocenters. The van der Waals surface area contributed by atoms with Gasteiger partial charge in [-0.3, -0.25) is 4.90 Å². The fourth-order valence-electron chi connectivity index (χ4n) is 3.79. The number of thiocarbonyl (C=S) groups is 1. The fraction of sp³-hybridized carbons (Fsp3) is 0.458. The van der Waals surface area contributed by atoms with Crippen LogP contribution in [0.15, 0.2) is 49.6 Å². The highest BCUT2D eigenvalue weighted by Gasteiger charge is 2.15. The number of nitrogens with two attached hydrogens (primary N) is 1. The van der Waals surface area contributed by atoms with Crippen LogP contribution in [0, 0.1) is 0 Å². The molecule has 1 saturated heterocycles. The van der Waals surface area contributed by atoms with E-state index in [9.17, 15) is 0 Å². The van der Waals surface area contributed by atoms with Crippen LogP contribution in [0.25, 0.3) is 0 Å². The highest BCUT2D eigenvalue weighted by Crippen LogP contribution is 2.18. The molecule has 33 heavy (non-hydrogen) atoms. The van der Waals surface area contributed by atoms with Crippen molar-refractivity contribution >= 4 is 29.2 Å². The Balaban J connectivity index is 1.42. The summed E-state index contributed by atoms with van der Waals surface area (Å²) in [5.41, 5.74) is 7.31. The van der Waals surface area contributed by atoms with Crippen LogP contribution in [0.1, 0.15) is 31.2 Å². The zero-order valence-electron chi connectivity index (χ0n) is 19.3. The lowest BCUT2D eigenvalue weighted by Crippen LogP contribution is -2.32. The average molecular weight is 470 g/mol. The molecule has 0 amide bonds. The van der Waals surface area contributed by atoms with E-state index >= 15 is 0 Å². The summed E-state index contributed by atoms with van der Waals surface area (Å²) in [6.07, 6.45) is 8.30. The van der Waals surface area contributed by atoms with Crippen molar-refractivity contribution in [3.63, 3.8) is 0 Å². The third kappa shape index (κ3) is 7.57. The van der Waals surface area contributed by atoms with E-state index in [1.54, 1.807) is 12.2 Å². The molecule has 2 aromatic rings. The van der Waals surface area contributed by atoms with Gasteiger partial charge in [-0.2, -0.15) is 9.67 Å². The van der Waals surface area contributed by atoms with E-state index < -0.39 is 0 Å². The molecule has 1 aliphatic rings. The number of aromatic nitrogens is 3. The minimum atomic E-state index is 0.238. The molecule has 0 spiro atoms. The molecule has 8 nitrogen and oxygen atoms in total. The van der Waals surface area contributed by atoms with Gasteiger partial charge in [0.25, 0.3) is 0 Å². The van der Waals surface area contributed by atoms with Crippen molar-refractivity contribution in [3.05, 3.63) is 55.1 Å². The van der Waals surface area contributed by atoms with Crippen LogP contribution in [0.3, 0.4) is 0 Å². The molecule has 178 valence electrons. The number of ether oxygens (including phenoxy) is 1. The van der Waals surface area contributed by atoms with Gasteiger partial charge in [0, 0.05) is 26.2 Å². The Kier molecular flexibility index (Phi) is 9.71. The largest absolute Gasteiger partial charge is 0.494 e. The number of nitrogen functional groups attached to an aromatic ring is 1. The average Bonchev–Trinajstić information content (AvgIpc) is 3.21. The molecule has 0 radical (unpaired) electrons. The van der Waals surface area contributed by atoms with E-state index in [4.69, 9.17) is 22.7 Å². The van der Waals surface area contributed by atoms with Gasteiger partial charge in [0.05, 0.1) is 6.61 Å². The number of piperidine rings is 1. The summed E-state index contributed by atoms with van der Waals surface area (Å²) in [4.78, 5) is 8.73. The maximum absolute atomic E-state index is 6.02. The van der Waals surface area contributed by atoms with Gasteiger partial charge in [-0.15, -0.1) is 18.3 Å². The first-order valence-electron chi connectivity index (χ1n) is 11.5. The van der Waals surface area contributed by atoms with Gasteiger partial charge in [0.15, 0.2) is 5.11 Å². The van der Waals surface area contributed by atoms with Crippen molar-refractivity contribution in [2.45, 2.75) is 32.2 Å². The zero-order chi connectivity index (χ0) is 23.5. The Morgan fingerprint density at radius 2 is 1.97 bits per heavy atom. The van der Waals surface area contributed by atoms with Gasteiger partial charge < -0.3 is 20.7 Å². The monoisotopic (exact) mass is 469 g/mol. The summed E-state index contributed by atoms with van der Waals surface area (Å²) in [7, 11) is 0. The van der Waals surface area contributed by atoms with E-state index in [1.807, 2.05) is 11.0 Å².